The fourth-order valence-electron chi connectivity index (χ4n) is 1.51. The topological polar surface area (TPSA) is 60.2 Å². The molecule has 2 heterocycles. The Labute approximate surface area is 76.3 Å². The van der Waals surface area contributed by atoms with Gasteiger partial charge in [-0.2, -0.15) is 0 Å². The Morgan fingerprint density at radius 1 is 1.54 bits per heavy atom. The van der Waals surface area contributed by atoms with Gasteiger partial charge in [0.1, 0.15) is 5.69 Å². The summed E-state index contributed by atoms with van der Waals surface area (Å²) in [6.07, 6.45) is 3.76. The number of hydrogen-bond donors (Lipinski definition) is 1. The lowest BCUT2D eigenvalue weighted by Crippen LogP contribution is -2.19. The van der Waals surface area contributed by atoms with E-state index < -0.39 is 0 Å². The zero-order valence-electron chi connectivity index (χ0n) is 7.39. The molecule has 0 unspecified atom stereocenters. The molecule has 5 nitrogen and oxygen atoms in total. The van der Waals surface area contributed by atoms with E-state index >= 15 is 0 Å². The van der Waals surface area contributed by atoms with Gasteiger partial charge in [0, 0.05) is 13.2 Å². The molecule has 13 heavy (non-hydrogen) atoms. The van der Waals surface area contributed by atoms with Crippen molar-refractivity contribution in [3.63, 3.8) is 0 Å². The van der Waals surface area contributed by atoms with E-state index in [4.69, 9.17) is 9.84 Å². The SMILES string of the molecule is OCc1cn(C2CCOCC2)nn1. The number of rotatable bonds is 2. The van der Waals surface area contributed by atoms with Crippen molar-refractivity contribution in [1.29, 1.82) is 0 Å². The minimum Gasteiger partial charge on any atom is -0.390 e. The molecular weight excluding hydrogens is 170 g/mol. The molecule has 0 saturated carbocycles. The van der Waals surface area contributed by atoms with Crippen LogP contribution in [0.15, 0.2) is 6.20 Å². The van der Waals surface area contributed by atoms with Crippen LogP contribution in [-0.4, -0.2) is 33.3 Å². The first kappa shape index (κ1) is 8.65. The van der Waals surface area contributed by atoms with Gasteiger partial charge in [-0.1, -0.05) is 5.21 Å². The molecule has 0 atom stereocenters. The maximum Gasteiger partial charge on any atom is 0.108 e. The van der Waals surface area contributed by atoms with E-state index in [1.165, 1.54) is 0 Å². The first-order valence-electron chi connectivity index (χ1n) is 4.49. The second-order valence-corrected chi connectivity index (χ2v) is 3.19. The highest BCUT2D eigenvalue weighted by atomic mass is 16.5. The first-order valence-corrected chi connectivity index (χ1v) is 4.49. The molecule has 1 fully saturated rings. The normalized spacial score (nSPS) is 19.2. The third kappa shape index (κ3) is 1.87. The molecule has 0 aliphatic carbocycles. The molecule has 0 amide bonds. The van der Waals surface area contributed by atoms with E-state index in [9.17, 15) is 0 Å². The number of aliphatic hydroxyl groups is 1. The molecule has 2 rings (SSSR count). The van der Waals surface area contributed by atoms with Crippen LogP contribution in [0, 0.1) is 0 Å². The number of nitrogens with zero attached hydrogens (tertiary/aromatic N) is 3. The van der Waals surface area contributed by atoms with Crippen LogP contribution in [0.4, 0.5) is 0 Å². The van der Waals surface area contributed by atoms with E-state index in [0.29, 0.717) is 11.7 Å². The Morgan fingerprint density at radius 3 is 2.92 bits per heavy atom. The second kappa shape index (κ2) is 3.85. The number of ether oxygens (including phenoxy) is 1. The Morgan fingerprint density at radius 2 is 2.31 bits per heavy atom. The van der Waals surface area contributed by atoms with Crippen molar-refractivity contribution in [2.24, 2.45) is 0 Å². The summed E-state index contributed by atoms with van der Waals surface area (Å²) in [5, 5.41) is 16.6. The molecule has 5 heteroatoms. The fraction of sp³-hybridized carbons (Fsp3) is 0.750. The Balaban J connectivity index is 2.05. The van der Waals surface area contributed by atoms with Gasteiger partial charge in [-0.05, 0) is 12.8 Å². The summed E-state index contributed by atoms with van der Waals surface area (Å²) in [5.41, 5.74) is 0.631. The van der Waals surface area contributed by atoms with Crippen LogP contribution in [0.2, 0.25) is 0 Å². The summed E-state index contributed by atoms with van der Waals surface area (Å²) in [6, 6.07) is 0.390. The van der Waals surface area contributed by atoms with Crippen LogP contribution in [0.1, 0.15) is 24.6 Å². The second-order valence-electron chi connectivity index (χ2n) is 3.19. The van der Waals surface area contributed by atoms with E-state index in [2.05, 4.69) is 10.3 Å². The van der Waals surface area contributed by atoms with E-state index in [1.807, 2.05) is 4.68 Å². The third-order valence-corrected chi connectivity index (χ3v) is 2.28. The molecule has 72 valence electrons. The quantitative estimate of drug-likeness (QED) is 0.707. The smallest absolute Gasteiger partial charge is 0.108 e. The highest BCUT2D eigenvalue weighted by molar-refractivity contribution is 4.90. The van der Waals surface area contributed by atoms with Crippen molar-refractivity contribution in [2.45, 2.75) is 25.5 Å². The standard InChI is InChI=1S/C8H13N3O2/c12-6-7-5-11(10-9-7)8-1-3-13-4-2-8/h5,8,12H,1-4,6H2. The van der Waals surface area contributed by atoms with Gasteiger partial charge in [0.15, 0.2) is 0 Å². The molecule has 1 aliphatic rings. The van der Waals surface area contributed by atoms with Crippen molar-refractivity contribution >= 4 is 0 Å². The molecule has 1 aromatic rings. The van der Waals surface area contributed by atoms with Gasteiger partial charge in [-0.15, -0.1) is 5.10 Å². The minimum absolute atomic E-state index is 0.0385. The van der Waals surface area contributed by atoms with E-state index in [-0.39, 0.29) is 6.61 Å². The maximum atomic E-state index is 8.81. The Hall–Kier alpha value is -0.940. The monoisotopic (exact) mass is 183 g/mol. The van der Waals surface area contributed by atoms with Crippen LogP contribution < -0.4 is 0 Å². The number of aliphatic hydroxyl groups excluding tert-OH is 1. The Kier molecular flexibility index (Phi) is 2.56. The van der Waals surface area contributed by atoms with Crippen molar-refractivity contribution in [2.75, 3.05) is 13.2 Å². The van der Waals surface area contributed by atoms with Crippen LogP contribution in [0.25, 0.3) is 0 Å². The largest absolute Gasteiger partial charge is 0.390 e. The summed E-state index contributed by atoms with van der Waals surface area (Å²) in [4.78, 5) is 0. The van der Waals surface area contributed by atoms with Crippen molar-refractivity contribution < 1.29 is 9.84 Å². The summed E-state index contributed by atoms with van der Waals surface area (Å²) in [6.45, 7) is 1.54. The van der Waals surface area contributed by atoms with Gasteiger partial charge in [-0.25, -0.2) is 4.68 Å². The zero-order valence-corrected chi connectivity index (χ0v) is 7.39. The minimum atomic E-state index is -0.0385. The molecular formula is C8H13N3O2. The number of aromatic nitrogens is 3. The first-order chi connectivity index (χ1) is 6.40. The molecule has 1 aromatic heterocycles. The molecule has 1 saturated heterocycles. The highest BCUT2D eigenvalue weighted by Crippen LogP contribution is 2.19. The average molecular weight is 183 g/mol. The fourth-order valence-corrected chi connectivity index (χ4v) is 1.51. The summed E-state index contributed by atoms with van der Waals surface area (Å²) in [7, 11) is 0. The summed E-state index contributed by atoms with van der Waals surface area (Å²) >= 11 is 0. The Bertz CT molecular complexity index is 268. The molecule has 0 radical (unpaired) electrons. The zero-order chi connectivity index (χ0) is 9.10. The molecule has 1 aliphatic heterocycles. The molecule has 1 N–H and O–H groups in total. The average Bonchev–Trinajstić information content (AvgIpc) is 2.67. The van der Waals surface area contributed by atoms with Gasteiger partial charge in [0.2, 0.25) is 0 Å². The molecule has 0 aromatic carbocycles. The highest BCUT2D eigenvalue weighted by Gasteiger charge is 2.16. The van der Waals surface area contributed by atoms with Crippen LogP contribution >= 0.6 is 0 Å². The van der Waals surface area contributed by atoms with Crippen molar-refractivity contribution in [3.8, 4) is 0 Å². The van der Waals surface area contributed by atoms with E-state index in [0.717, 1.165) is 26.1 Å². The van der Waals surface area contributed by atoms with Crippen LogP contribution in [0.5, 0.6) is 0 Å². The maximum absolute atomic E-state index is 8.81. The predicted octanol–water partition coefficient (Wildman–Crippen LogP) is 0.122. The molecule has 0 bridgehead atoms. The summed E-state index contributed by atoms with van der Waals surface area (Å²) < 4.78 is 7.07. The van der Waals surface area contributed by atoms with E-state index in [1.54, 1.807) is 6.20 Å². The van der Waals surface area contributed by atoms with Crippen molar-refractivity contribution in [1.82, 2.24) is 15.0 Å². The van der Waals surface area contributed by atoms with Gasteiger partial charge in [-0.3, -0.25) is 0 Å². The lowest BCUT2D eigenvalue weighted by atomic mass is 10.1. The van der Waals surface area contributed by atoms with Crippen LogP contribution in [0.3, 0.4) is 0 Å². The van der Waals surface area contributed by atoms with Gasteiger partial charge in [0.05, 0.1) is 18.8 Å². The van der Waals surface area contributed by atoms with Gasteiger partial charge < -0.3 is 9.84 Å². The number of hydrogen-bond acceptors (Lipinski definition) is 4. The lowest BCUT2D eigenvalue weighted by molar-refractivity contribution is 0.0657. The van der Waals surface area contributed by atoms with Gasteiger partial charge >= 0.3 is 0 Å². The summed E-state index contributed by atoms with van der Waals surface area (Å²) in [5.74, 6) is 0. The predicted molar refractivity (Wildman–Crippen MR) is 45.0 cm³/mol. The van der Waals surface area contributed by atoms with Crippen molar-refractivity contribution in [3.05, 3.63) is 11.9 Å². The lowest BCUT2D eigenvalue weighted by Gasteiger charge is -2.21. The third-order valence-electron chi connectivity index (χ3n) is 2.28. The van der Waals surface area contributed by atoms with Gasteiger partial charge in [0.25, 0.3) is 0 Å². The van der Waals surface area contributed by atoms with Crippen LogP contribution in [-0.2, 0) is 11.3 Å². The molecule has 0 spiro atoms.